The summed E-state index contributed by atoms with van der Waals surface area (Å²) in [5.74, 6) is 1.01. The van der Waals surface area contributed by atoms with Crippen LogP contribution in [0.3, 0.4) is 0 Å². The fraction of sp³-hybridized carbons (Fsp3) is 0.316. The van der Waals surface area contributed by atoms with Gasteiger partial charge in [0.1, 0.15) is 11.5 Å². The zero-order valence-corrected chi connectivity index (χ0v) is 15.2. The molecule has 0 fully saturated rings. The average Bonchev–Trinajstić information content (AvgIpc) is 2.66. The molecule has 0 bridgehead atoms. The van der Waals surface area contributed by atoms with Crippen LogP contribution in [0.15, 0.2) is 41.4 Å². The number of methoxy groups -OCH3 is 2. The number of phenolic OH excluding ortho intramolecular Hbond substituents is 1. The van der Waals surface area contributed by atoms with Crippen molar-refractivity contribution in [2.75, 3.05) is 20.8 Å². The Morgan fingerprint density at radius 3 is 2.58 bits per heavy atom. The molecule has 2 aromatic carbocycles. The third-order valence-electron chi connectivity index (χ3n) is 3.72. The molecular formula is C19H24FN3O3. The number of hydrogen-bond donors (Lipinski definition) is 3. The first-order valence-electron chi connectivity index (χ1n) is 8.27. The summed E-state index contributed by atoms with van der Waals surface area (Å²) in [7, 11) is 3.21. The number of nitrogens with one attached hydrogen (secondary N) is 2. The minimum atomic E-state index is -0.654. The van der Waals surface area contributed by atoms with E-state index in [9.17, 15) is 9.50 Å². The first kappa shape index (κ1) is 19.4. The molecule has 6 nitrogen and oxygen atoms in total. The first-order chi connectivity index (χ1) is 12.6. The van der Waals surface area contributed by atoms with E-state index in [0.29, 0.717) is 30.4 Å². The summed E-state index contributed by atoms with van der Waals surface area (Å²) in [6.07, 6.45) is 0. The normalized spacial score (nSPS) is 11.2. The number of benzene rings is 2. The highest BCUT2D eigenvalue weighted by Crippen LogP contribution is 2.24. The maximum atomic E-state index is 13.4. The van der Waals surface area contributed by atoms with Gasteiger partial charge in [0, 0.05) is 24.7 Å². The molecule has 0 amide bonds. The minimum Gasteiger partial charge on any atom is -0.505 e. The average molecular weight is 361 g/mol. The van der Waals surface area contributed by atoms with E-state index in [-0.39, 0.29) is 12.3 Å². The summed E-state index contributed by atoms with van der Waals surface area (Å²) in [4.78, 5) is 4.44. The molecular weight excluding hydrogens is 337 g/mol. The van der Waals surface area contributed by atoms with Crippen molar-refractivity contribution in [3.8, 4) is 17.2 Å². The van der Waals surface area contributed by atoms with Crippen molar-refractivity contribution in [3.63, 3.8) is 0 Å². The lowest BCUT2D eigenvalue weighted by Crippen LogP contribution is -2.36. The van der Waals surface area contributed by atoms with Crippen LogP contribution in [0, 0.1) is 5.82 Å². The Balaban J connectivity index is 2.06. The van der Waals surface area contributed by atoms with E-state index in [1.807, 2.05) is 25.1 Å². The van der Waals surface area contributed by atoms with Gasteiger partial charge in [-0.1, -0.05) is 6.07 Å². The highest BCUT2D eigenvalue weighted by Gasteiger charge is 2.07. The summed E-state index contributed by atoms with van der Waals surface area (Å²) in [5, 5.41) is 15.6. The number of nitrogens with zero attached hydrogens (tertiary/aromatic N) is 1. The Morgan fingerprint density at radius 2 is 1.92 bits per heavy atom. The van der Waals surface area contributed by atoms with E-state index in [0.717, 1.165) is 11.3 Å². The van der Waals surface area contributed by atoms with Crippen molar-refractivity contribution in [1.82, 2.24) is 10.6 Å². The van der Waals surface area contributed by atoms with Crippen molar-refractivity contribution in [2.24, 2.45) is 4.99 Å². The van der Waals surface area contributed by atoms with Crippen LogP contribution in [-0.4, -0.2) is 31.8 Å². The van der Waals surface area contributed by atoms with E-state index in [2.05, 4.69) is 15.6 Å². The summed E-state index contributed by atoms with van der Waals surface area (Å²) < 4.78 is 24.0. The number of rotatable bonds is 7. The number of phenols is 1. The van der Waals surface area contributed by atoms with E-state index in [1.165, 1.54) is 12.1 Å². The molecule has 2 rings (SSSR count). The van der Waals surface area contributed by atoms with Gasteiger partial charge in [0.15, 0.2) is 17.5 Å². The molecule has 0 aromatic heterocycles. The van der Waals surface area contributed by atoms with Gasteiger partial charge in [-0.3, -0.25) is 0 Å². The second kappa shape index (κ2) is 9.50. The Bertz CT molecular complexity index is 766. The van der Waals surface area contributed by atoms with E-state index >= 15 is 0 Å². The van der Waals surface area contributed by atoms with Crippen LogP contribution < -0.4 is 20.1 Å². The number of halogens is 1. The van der Waals surface area contributed by atoms with Gasteiger partial charge in [0.25, 0.3) is 0 Å². The topological polar surface area (TPSA) is 75.1 Å². The molecule has 0 unspecified atom stereocenters. The molecule has 0 spiro atoms. The highest BCUT2D eigenvalue weighted by molar-refractivity contribution is 5.79. The Hall–Kier alpha value is -2.96. The van der Waals surface area contributed by atoms with Gasteiger partial charge in [-0.05, 0) is 36.8 Å². The minimum absolute atomic E-state index is 0.284. The largest absolute Gasteiger partial charge is 0.505 e. The molecule has 0 aliphatic heterocycles. The number of ether oxygens (including phenoxy) is 2. The van der Waals surface area contributed by atoms with Gasteiger partial charge in [-0.2, -0.15) is 0 Å². The van der Waals surface area contributed by atoms with Crippen molar-refractivity contribution >= 4 is 5.96 Å². The first-order valence-corrected chi connectivity index (χ1v) is 8.27. The molecule has 0 saturated carbocycles. The quantitative estimate of drug-likeness (QED) is 0.522. The molecule has 140 valence electrons. The van der Waals surface area contributed by atoms with Crippen LogP contribution >= 0.6 is 0 Å². The SMILES string of the molecule is CCNC(=NCc1ccc(O)c(F)c1)NCc1ccc(OC)cc1OC. The van der Waals surface area contributed by atoms with Crippen molar-refractivity contribution in [2.45, 2.75) is 20.0 Å². The lowest BCUT2D eigenvalue weighted by Gasteiger charge is -2.14. The lowest BCUT2D eigenvalue weighted by molar-refractivity contribution is 0.390. The third-order valence-corrected chi connectivity index (χ3v) is 3.72. The van der Waals surface area contributed by atoms with Crippen LogP contribution in [0.5, 0.6) is 17.2 Å². The van der Waals surface area contributed by atoms with Gasteiger partial charge in [0.2, 0.25) is 0 Å². The number of aliphatic imine (C=N–C) groups is 1. The zero-order chi connectivity index (χ0) is 18.9. The van der Waals surface area contributed by atoms with Gasteiger partial charge < -0.3 is 25.2 Å². The molecule has 2 aromatic rings. The molecule has 0 saturated heterocycles. The third kappa shape index (κ3) is 5.27. The number of aromatic hydroxyl groups is 1. The molecule has 0 atom stereocenters. The van der Waals surface area contributed by atoms with Crippen molar-refractivity contribution < 1.29 is 19.0 Å². The lowest BCUT2D eigenvalue weighted by atomic mass is 10.2. The van der Waals surface area contributed by atoms with E-state index in [1.54, 1.807) is 20.3 Å². The van der Waals surface area contributed by atoms with E-state index in [4.69, 9.17) is 9.47 Å². The maximum Gasteiger partial charge on any atom is 0.191 e. The van der Waals surface area contributed by atoms with Crippen LogP contribution in [0.1, 0.15) is 18.1 Å². The molecule has 0 aliphatic carbocycles. The van der Waals surface area contributed by atoms with Gasteiger partial charge in [-0.25, -0.2) is 9.38 Å². The second-order valence-corrected chi connectivity index (χ2v) is 5.51. The van der Waals surface area contributed by atoms with E-state index < -0.39 is 5.82 Å². The van der Waals surface area contributed by atoms with Gasteiger partial charge in [-0.15, -0.1) is 0 Å². The molecule has 3 N–H and O–H groups in total. The smallest absolute Gasteiger partial charge is 0.191 e. The van der Waals surface area contributed by atoms with Crippen LogP contribution in [-0.2, 0) is 13.1 Å². The standard InChI is InChI=1S/C19H24FN3O3/c1-4-21-19(22-11-13-5-8-17(24)16(20)9-13)23-12-14-6-7-15(25-2)10-18(14)26-3/h5-10,24H,4,11-12H2,1-3H3,(H2,21,22,23). The zero-order valence-electron chi connectivity index (χ0n) is 15.2. The highest BCUT2D eigenvalue weighted by atomic mass is 19.1. The Morgan fingerprint density at radius 1 is 1.12 bits per heavy atom. The predicted molar refractivity (Wildman–Crippen MR) is 99.3 cm³/mol. The molecule has 7 heteroatoms. The van der Waals surface area contributed by atoms with Gasteiger partial charge in [0.05, 0.1) is 20.8 Å². The molecule has 0 aliphatic rings. The molecule has 0 heterocycles. The summed E-state index contributed by atoms with van der Waals surface area (Å²) in [6.45, 7) is 3.44. The van der Waals surface area contributed by atoms with Crippen LogP contribution in [0.2, 0.25) is 0 Å². The number of guanidine groups is 1. The Kier molecular flexibility index (Phi) is 7.08. The Labute approximate surface area is 152 Å². The van der Waals surface area contributed by atoms with Gasteiger partial charge >= 0.3 is 0 Å². The van der Waals surface area contributed by atoms with Crippen molar-refractivity contribution in [3.05, 3.63) is 53.3 Å². The predicted octanol–water partition coefficient (Wildman–Crippen LogP) is 2.80. The fourth-order valence-corrected chi connectivity index (χ4v) is 2.34. The number of hydrogen-bond acceptors (Lipinski definition) is 4. The fourth-order valence-electron chi connectivity index (χ4n) is 2.34. The monoisotopic (exact) mass is 361 g/mol. The summed E-state index contributed by atoms with van der Waals surface area (Å²) in [5.41, 5.74) is 1.62. The maximum absolute atomic E-state index is 13.4. The molecule has 26 heavy (non-hydrogen) atoms. The summed E-state index contributed by atoms with van der Waals surface area (Å²) in [6, 6.07) is 9.84. The molecule has 0 radical (unpaired) electrons. The van der Waals surface area contributed by atoms with Crippen LogP contribution in [0.4, 0.5) is 4.39 Å². The van der Waals surface area contributed by atoms with Crippen molar-refractivity contribution in [1.29, 1.82) is 0 Å². The second-order valence-electron chi connectivity index (χ2n) is 5.51. The van der Waals surface area contributed by atoms with Crippen LogP contribution in [0.25, 0.3) is 0 Å². The summed E-state index contributed by atoms with van der Waals surface area (Å²) >= 11 is 0.